The summed E-state index contributed by atoms with van der Waals surface area (Å²) in [5.41, 5.74) is 1.11. The number of nitrogens with one attached hydrogen (secondary N) is 2. The summed E-state index contributed by atoms with van der Waals surface area (Å²) in [5, 5.41) is 6.73. The fourth-order valence-electron chi connectivity index (χ4n) is 2.77. The number of nitrogens with zero attached hydrogens (tertiary/aromatic N) is 2. The molecule has 1 fully saturated rings. The smallest absolute Gasteiger partial charge is 0.191 e. The summed E-state index contributed by atoms with van der Waals surface area (Å²) in [6.07, 6.45) is 1.10. The molecule has 2 N–H and O–H groups in total. The summed E-state index contributed by atoms with van der Waals surface area (Å²) in [7, 11) is 0. The molecule has 0 radical (unpaired) electrons. The number of aliphatic imine (C=N–C) groups is 1. The summed E-state index contributed by atoms with van der Waals surface area (Å²) in [4.78, 5) is 7.14. The molecule has 1 aliphatic rings. The van der Waals surface area contributed by atoms with E-state index in [0.717, 1.165) is 69.6 Å². The van der Waals surface area contributed by atoms with Crippen LogP contribution in [0.4, 0.5) is 0 Å². The van der Waals surface area contributed by atoms with E-state index >= 15 is 0 Å². The third-order valence-corrected chi connectivity index (χ3v) is 4.07. The molecular formula is C19H32N4O2. The molecule has 0 aromatic heterocycles. The molecule has 0 saturated carbocycles. The van der Waals surface area contributed by atoms with Crippen LogP contribution < -0.4 is 15.4 Å². The van der Waals surface area contributed by atoms with Crippen molar-refractivity contribution in [2.45, 2.75) is 26.8 Å². The Bertz CT molecular complexity index is 516. The van der Waals surface area contributed by atoms with Gasteiger partial charge in [-0.2, -0.15) is 0 Å². The molecule has 1 aromatic carbocycles. The average Bonchev–Trinajstić information content (AvgIpc) is 2.65. The molecule has 1 aliphatic heterocycles. The molecule has 6 heteroatoms. The van der Waals surface area contributed by atoms with Crippen molar-refractivity contribution in [2.24, 2.45) is 4.99 Å². The van der Waals surface area contributed by atoms with Crippen LogP contribution >= 0.6 is 0 Å². The number of benzene rings is 1. The van der Waals surface area contributed by atoms with Gasteiger partial charge < -0.3 is 20.1 Å². The largest absolute Gasteiger partial charge is 0.494 e. The summed E-state index contributed by atoms with van der Waals surface area (Å²) < 4.78 is 11.0. The fraction of sp³-hybridized carbons (Fsp3) is 0.632. The summed E-state index contributed by atoms with van der Waals surface area (Å²) in [5.74, 6) is 1.77. The van der Waals surface area contributed by atoms with Crippen LogP contribution in [-0.4, -0.2) is 63.4 Å². The normalized spacial score (nSPS) is 15.8. The van der Waals surface area contributed by atoms with E-state index in [4.69, 9.17) is 14.5 Å². The highest BCUT2D eigenvalue weighted by Crippen LogP contribution is 2.18. The van der Waals surface area contributed by atoms with Crippen LogP contribution in [0.3, 0.4) is 0 Å². The van der Waals surface area contributed by atoms with Crippen LogP contribution in [0.25, 0.3) is 0 Å². The highest BCUT2D eigenvalue weighted by molar-refractivity contribution is 5.79. The van der Waals surface area contributed by atoms with E-state index in [1.807, 2.05) is 25.1 Å². The van der Waals surface area contributed by atoms with Crippen LogP contribution in [-0.2, 0) is 11.3 Å². The Morgan fingerprint density at radius 1 is 1.20 bits per heavy atom. The van der Waals surface area contributed by atoms with E-state index < -0.39 is 0 Å². The van der Waals surface area contributed by atoms with Gasteiger partial charge in [-0.3, -0.25) is 4.90 Å². The van der Waals surface area contributed by atoms with Gasteiger partial charge in [0.15, 0.2) is 5.96 Å². The molecule has 6 nitrogen and oxygen atoms in total. The number of hydrogen-bond donors (Lipinski definition) is 2. The van der Waals surface area contributed by atoms with Gasteiger partial charge >= 0.3 is 0 Å². The van der Waals surface area contributed by atoms with E-state index in [2.05, 4.69) is 28.5 Å². The van der Waals surface area contributed by atoms with Crippen molar-refractivity contribution in [1.82, 2.24) is 15.5 Å². The standard InChI is InChI=1S/C19H32N4O2/c1-3-20-19(21-10-7-11-23-12-14-24-15-13-23)22-16-17-8-5-6-9-18(17)25-4-2/h5-6,8-9H,3-4,7,10-16H2,1-2H3,(H2,20,21,22). The summed E-state index contributed by atoms with van der Waals surface area (Å²) in [6.45, 7) is 12.0. The van der Waals surface area contributed by atoms with Crippen LogP contribution in [0.5, 0.6) is 5.75 Å². The molecule has 2 rings (SSSR count). The second-order valence-corrected chi connectivity index (χ2v) is 5.97. The van der Waals surface area contributed by atoms with Crippen molar-refractivity contribution >= 4 is 5.96 Å². The predicted octanol–water partition coefficient (Wildman–Crippen LogP) is 1.86. The lowest BCUT2D eigenvalue weighted by atomic mass is 10.2. The van der Waals surface area contributed by atoms with Gasteiger partial charge in [-0.15, -0.1) is 0 Å². The van der Waals surface area contributed by atoms with E-state index in [9.17, 15) is 0 Å². The average molecular weight is 348 g/mol. The zero-order valence-corrected chi connectivity index (χ0v) is 15.6. The quantitative estimate of drug-likeness (QED) is 0.405. The van der Waals surface area contributed by atoms with Gasteiger partial charge in [0.2, 0.25) is 0 Å². The lowest BCUT2D eigenvalue weighted by Gasteiger charge is -2.26. The van der Waals surface area contributed by atoms with Gasteiger partial charge in [0.05, 0.1) is 26.4 Å². The minimum atomic E-state index is 0.606. The third kappa shape index (κ3) is 7.32. The fourth-order valence-corrected chi connectivity index (χ4v) is 2.77. The first kappa shape index (κ1) is 19.5. The van der Waals surface area contributed by atoms with Crippen molar-refractivity contribution < 1.29 is 9.47 Å². The number of morpholine rings is 1. The maximum absolute atomic E-state index is 5.67. The van der Waals surface area contributed by atoms with Crippen LogP contribution in [0.1, 0.15) is 25.8 Å². The molecular weight excluding hydrogens is 316 g/mol. The van der Waals surface area contributed by atoms with Crippen molar-refractivity contribution in [3.05, 3.63) is 29.8 Å². The van der Waals surface area contributed by atoms with Gasteiger partial charge in [-0.05, 0) is 32.9 Å². The zero-order valence-electron chi connectivity index (χ0n) is 15.6. The number of guanidine groups is 1. The molecule has 0 amide bonds. The third-order valence-electron chi connectivity index (χ3n) is 4.07. The molecule has 1 saturated heterocycles. The van der Waals surface area contributed by atoms with Gasteiger partial charge in [0, 0.05) is 31.7 Å². The first-order valence-electron chi connectivity index (χ1n) is 9.36. The number of rotatable bonds is 9. The molecule has 1 heterocycles. The van der Waals surface area contributed by atoms with Gasteiger partial charge in [-0.1, -0.05) is 18.2 Å². The Morgan fingerprint density at radius 2 is 2.00 bits per heavy atom. The summed E-state index contributed by atoms with van der Waals surface area (Å²) >= 11 is 0. The Hall–Kier alpha value is -1.79. The van der Waals surface area contributed by atoms with Crippen molar-refractivity contribution in [3.8, 4) is 5.75 Å². The first-order chi connectivity index (χ1) is 12.3. The monoisotopic (exact) mass is 348 g/mol. The zero-order chi connectivity index (χ0) is 17.7. The molecule has 0 spiro atoms. The van der Waals surface area contributed by atoms with Gasteiger partial charge in [0.1, 0.15) is 5.75 Å². The summed E-state index contributed by atoms with van der Waals surface area (Å²) in [6, 6.07) is 8.08. The highest BCUT2D eigenvalue weighted by atomic mass is 16.5. The number of para-hydroxylation sites is 1. The lowest BCUT2D eigenvalue weighted by molar-refractivity contribution is 0.0376. The molecule has 0 atom stereocenters. The van der Waals surface area contributed by atoms with Crippen LogP contribution in [0.2, 0.25) is 0 Å². The Morgan fingerprint density at radius 3 is 2.76 bits per heavy atom. The maximum Gasteiger partial charge on any atom is 0.191 e. The second kappa shape index (κ2) is 11.7. The van der Waals surface area contributed by atoms with E-state index in [0.29, 0.717) is 13.2 Å². The van der Waals surface area contributed by atoms with Crippen molar-refractivity contribution in [2.75, 3.05) is 52.5 Å². The number of ether oxygens (including phenoxy) is 2. The Balaban J connectivity index is 1.79. The topological polar surface area (TPSA) is 58.1 Å². The minimum absolute atomic E-state index is 0.606. The molecule has 25 heavy (non-hydrogen) atoms. The van der Waals surface area contributed by atoms with Crippen molar-refractivity contribution in [3.63, 3.8) is 0 Å². The molecule has 140 valence electrons. The van der Waals surface area contributed by atoms with Crippen LogP contribution in [0, 0.1) is 0 Å². The highest BCUT2D eigenvalue weighted by Gasteiger charge is 2.09. The first-order valence-corrected chi connectivity index (χ1v) is 9.36. The Kier molecular flexibility index (Phi) is 9.15. The predicted molar refractivity (Wildman–Crippen MR) is 102 cm³/mol. The van der Waals surface area contributed by atoms with E-state index in [1.165, 1.54) is 0 Å². The van der Waals surface area contributed by atoms with Crippen LogP contribution in [0.15, 0.2) is 29.3 Å². The molecule has 0 aliphatic carbocycles. The van der Waals surface area contributed by atoms with E-state index in [1.54, 1.807) is 0 Å². The van der Waals surface area contributed by atoms with E-state index in [-0.39, 0.29) is 0 Å². The Labute approximate surface area is 151 Å². The second-order valence-electron chi connectivity index (χ2n) is 5.97. The van der Waals surface area contributed by atoms with Gasteiger partial charge in [-0.25, -0.2) is 4.99 Å². The van der Waals surface area contributed by atoms with Crippen molar-refractivity contribution in [1.29, 1.82) is 0 Å². The molecule has 1 aromatic rings. The number of hydrogen-bond acceptors (Lipinski definition) is 4. The minimum Gasteiger partial charge on any atom is -0.494 e. The molecule has 0 unspecified atom stereocenters. The lowest BCUT2D eigenvalue weighted by Crippen LogP contribution is -2.40. The SMILES string of the molecule is CCNC(=NCc1ccccc1OCC)NCCCN1CCOCC1. The maximum atomic E-state index is 5.67. The molecule has 0 bridgehead atoms. The van der Waals surface area contributed by atoms with Gasteiger partial charge in [0.25, 0.3) is 0 Å².